The summed E-state index contributed by atoms with van der Waals surface area (Å²) in [7, 11) is 1.53. The van der Waals surface area contributed by atoms with Crippen molar-refractivity contribution >= 4 is 0 Å². The minimum Gasteiger partial charge on any atom is -0.497 e. The molecule has 21 heavy (non-hydrogen) atoms. The van der Waals surface area contributed by atoms with Crippen molar-refractivity contribution in [1.29, 1.82) is 0 Å². The third-order valence-corrected chi connectivity index (χ3v) is 3.16. The Morgan fingerprint density at radius 1 is 1.10 bits per heavy atom. The van der Waals surface area contributed by atoms with Crippen LogP contribution < -0.4 is 4.74 Å². The van der Waals surface area contributed by atoms with Crippen LogP contribution in [0.3, 0.4) is 0 Å². The number of aliphatic hydroxyl groups is 1. The van der Waals surface area contributed by atoms with Crippen molar-refractivity contribution in [3.05, 3.63) is 65.2 Å². The molecule has 2 aromatic carbocycles. The minimum absolute atomic E-state index is 0.221. The molecule has 1 unspecified atom stereocenters. The highest BCUT2D eigenvalue weighted by Crippen LogP contribution is 2.31. The number of halogens is 3. The van der Waals surface area contributed by atoms with Gasteiger partial charge in [0.15, 0.2) is 0 Å². The van der Waals surface area contributed by atoms with E-state index < -0.39 is 17.8 Å². The number of rotatable bonds is 4. The predicted octanol–water partition coefficient (Wildman–Crippen LogP) is 3.99. The van der Waals surface area contributed by atoms with Gasteiger partial charge in [-0.15, -0.1) is 0 Å². The van der Waals surface area contributed by atoms with E-state index in [2.05, 4.69) is 0 Å². The second-order valence-corrected chi connectivity index (χ2v) is 4.69. The maximum atomic E-state index is 12.7. The summed E-state index contributed by atoms with van der Waals surface area (Å²) < 4.78 is 43.1. The molecule has 0 aliphatic rings. The van der Waals surface area contributed by atoms with Crippen molar-refractivity contribution in [1.82, 2.24) is 0 Å². The summed E-state index contributed by atoms with van der Waals surface area (Å²) in [5.41, 5.74) is 0.275. The van der Waals surface area contributed by atoms with Crippen molar-refractivity contribution in [3.8, 4) is 5.75 Å². The van der Waals surface area contributed by atoms with Gasteiger partial charge in [0.05, 0.1) is 18.8 Å². The molecule has 0 amide bonds. The van der Waals surface area contributed by atoms with Crippen LogP contribution in [0.2, 0.25) is 0 Å². The highest BCUT2D eigenvalue weighted by Gasteiger charge is 2.30. The molecule has 0 aliphatic heterocycles. The van der Waals surface area contributed by atoms with Crippen LogP contribution in [-0.2, 0) is 12.6 Å². The van der Waals surface area contributed by atoms with Crippen molar-refractivity contribution < 1.29 is 23.0 Å². The monoisotopic (exact) mass is 296 g/mol. The number of aliphatic hydroxyl groups excluding tert-OH is 1. The number of hydrogen-bond donors (Lipinski definition) is 1. The Morgan fingerprint density at radius 2 is 1.81 bits per heavy atom. The lowest BCUT2D eigenvalue weighted by Crippen LogP contribution is -2.08. The van der Waals surface area contributed by atoms with Crippen LogP contribution in [0, 0.1) is 0 Å². The quantitative estimate of drug-likeness (QED) is 0.924. The van der Waals surface area contributed by atoms with Crippen molar-refractivity contribution in [2.45, 2.75) is 18.7 Å². The van der Waals surface area contributed by atoms with Gasteiger partial charge in [0.25, 0.3) is 0 Å². The molecular weight excluding hydrogens is 281 g/mol. The number of benzene rings is 2. The number of alkyl halides is 3. The van der Waals surface area contributed by atoms with Crippen molar-refractivity contribution in [2.24, 2.45) is 0 Å². The van der Waals surface area contributed by atoms with Gasteiger partial charge in [-0.3, -0.25) is 0 Å². The Morgan fingerprint density at radius 3 is 2.48 bits per heavy atom. The topological polar surface area (TPSA) is 29.5 Å². The SMILES string of the molecule is COc1cccc(CC(O)c2cccc(C(F)(F)F)c2)c1. The third kappa shape index (κ3) is 3.98. The molecule has 0 fully saturated rings. The van der Waals surface area contributed by atoms with E-state index in [-0.39, 0.29) is 12.0 Å². The molecule has 5 heteroatoms. The highest BCUT2D eigenvalue weighted by atomic mass is 19.4. The maximum absolute atomic E-state index is 12.7. The fourth-order valence-corrected chi connectivity index (χ4v) is 2.06. The summed E-state index contributed by atoms with van der Waals surface area (Å²) in [6.45, 7) is 0. The van der Waals surface area contributed by atoms with E-state index in [0.717, 1.165) is 17.7 Å². The predicted molar refractivity (Wildman–Crippen MR) is 73.1 cm³/mol. The molecule has 0 bridgehead atoms. The van der Waals surface area contributed by atoms with E-state index in [4.69, 9.17) is 4.74 Å². The summed E-state index contributed by atoms with van der Waals surface area (Å²) in [5, 5.41) is 10.1. The first-order valence-electron chi connectivity index (χ1n) is 6.38. The van der Waals surface area contributed by atoms with E-state index in [1.807, 2.05) is 0 Å². The molecule has 0 heterocycles. The fraction of sp³-hybridized carbons (Fsp3) is 0.250. The van der Waals surface area contributed by atoms with Crippen LogP contribution in [0.1, 0.15) is 22.8 Å². The van der Waals surface area contributed by atoms with Crippen LogP contribution >= 0.6 is 0 Å². The van der Waals surface area contributed by atoms with Crippen LogP contribution in [0.5, 0.6) is 5.75 Å². The molecule has 2 aromatic rings. The van der Waals surface area contributed by atoms with Crippen LogP contribution in [0.15, 0.2) is 48.5 Å². The Kier molecular flexibility index (Phi) is 4.53. The number of hydrogen-bond acceptors (Lipinski definition) is 2. The maximum Gasteiger partial charge on any atom is 0.416 e. The van der Waals surface area contributed by atoms with E-state index in [1.54, 1.807) is 24.3 Å². The first kappa shape index (κ1) is 15.4. The largest absolute Gasteiger partial charge is 0.497 e. The van der Waals surface area contributed by atoms with E-state index >= 15 is 0 Å². The van der Waals surface area contributed by atoms with E-state index in [9.17, 15) is 18.3 Å². The molecule has 0 saturated heterocycles. The van der Waals surface area contributed by atoms with E-state index in [0.29, 0.717) is 5.75 Å². The van der Waals surface area contributed by atoms with Crippen LogP contribution in [0.4, 0.5) is 13.2 Å². The van der Waals surface area contributed by atoms with Crippen molar-refractivity contribution in [2.75, 3.05) is 7.11 Å². The van der Waals surface area contributed by atoms with Crippen molar-refractivity contribution in [3.63, 3.8) is 0 Å². The van der Waals surface area contributed by atoms with Gasteiger partial charge in [0.2, 0.25) is 0 Å². The molecule has 0 aliphatic carbocycles. The van der Waals surface area contributed by atoms with Gasteiger partial charge in [-0.1, -0.05) is 24.3 Å². The summed E-state index contributed by atoms with van der Waals surface area (Å²) in [6.07, 6.45) is -5.19. The third-order valence-electron chi connectivity index (χ3n) is 3.16. The Bertz CT molecular complexity index is 608. The smallest absolute Gasteiger partial charge is 0.416 e. The zero-order valence-corrected chi connectivity index (χ0v) is 11.4. The molecule has 0 saturated carbocycles. The van der Waals surface area contributed by atoms with Gasteiger partial charge in [-0.2, -0.15) is 13.2 Å². The lowest BCUT2D eigenvalue weighted by molar-refractivity contribution is -0.137. The average molecular weight is 296 g/mol. The Labute approximate surface area is 120 Å². The Hall–Kier alpha value is -2.01. The lowest BCUT2D eigenvalue weighted by Gasteiger charge is -2.14. The molecule has 0 spiro atoms. The molecule has 0 radical (unpaired) electrons. The molecule has 1 atom stereocenters. The van der Waals surface area contributed by atoms with Crippen LogP contribution in [-0.4, -0.2) is 12.2 Å². The summed E-state index contributed by atoms with van der Waals surface area (Å²) in [4.78, 5) is 0. The van der Waals surface area contributed by atoms with Crippen LogP contribution in [0.25, 0.3) is 0 Å². The molecule has 2 rings (SSSR count). The average Bonchev–Trinajstić information content (AvgIpc) is 2.46. The van der Waals surface area contributed by atoms with Gasteiger partial charge >= 0.3 is 6.18 Å². The zero-order chi connectivity index (χ0) is 15.5. The lowest BCUT2D eigenvalue weighted by atomic mass is 9.99. The van der Waals surface area contributed by atoms with Gasteiger partial charge < -0.3 is 9.84 Å². The van der Waals surface area contributed by atoms with Gasteiger partial charge in [0.1, 0.15) is 5.75 Å². The van der Waals surface area contributed by atoms with E-state index in [1.165, 1.54) is 19.2 Å². The summed E-state index contributed by atoms with van der Waals surface area (Å²) >= 11 is 0. The first-order chi connectivity index (χ1) is 9.90. The number of methoxy groups -OCH3 is 1. The van der Waals surface area contributed by atoms with Gasteiger partial charge in [0, 0.05) is 6.42 Å². The highest BCUT2D eigenvalue weighted by molar-refractivity contribution is 5.32. The molecule has 0 aromatic heterocycles. The first-order valence-corrected chi connectivity index (χ1v) is 6.38. The van der Waals surface area contributed by atoms with Gasteiger partial charge in [-0.05, 0) is 35.4 Å². The molecule has 2 nitrogen and oxygen atoms in total. The van der Waals surface area contributed by atoms with Gasteiger partial charge in [-0.25, -0.2) is 0 Å². The summed E-state index contributed by atoms with van der Waals surface area (Å²) in [5.74, 6) is 0.642. The Balaban J connectivity index is 2.18. The summed E-state index contributed by atoms with van der Waals surface area (Å²) in [6, 6.07) is 11.8. The molecule has 112 valence electrons. The molecular formula is C16H15F3O2. The number of ether oxygens (including phenoxy) is 1. The minimum atomic E-state index is -4.41. The fourth-order valence-electron chi connectivity index (χ4n) is 2.06. The normalized spacial score (nSPS) is 13.0. The second kappa shape index (κ2) is 6.18. The zero-order valence-electron chi connectivity index (χ0n) is 11.4. The standard InChI is InChI=1S/C16H15F3O2/c1-21-14-7-2-4-11(8-14)9-15(20)12-5-3-6-13(10-12)16(17,18)19/h2-8,10,15,20H,9H2,1H3. The second-order valence-electron chi connectivity index (χ2n) is 4.69. The molecule has 1 N–H and O–H groups in total.